The fourth-order valence-corrected chi connectivity index (χ4v) is 7.53. The Morgan fingerprint density at radius 2 is 1.38 bits per heavy atom. The number of unbranched alkanes of at least 4 members (excludes halogenated alkanes) is 2. The SMILES string of the molecule is CCCCc1nc2c(N)nc3c(CCCCc4nc5c(N)nc6ccccc6c5n4C/C=C\CN)cccc3c2n1C/C=C\CNC1CCOCC1. The molecule has 7 rings (SSSR count). The summed E-state index contributed by atoms with van der Waals surface area (Å²) in [6, 6.07) is 15.1. The summed E-state index contributed by atoms with van der Waals surface area (Å²) in [5, 5.41) is 5.81. The fourth-order valence-electron chi connectivity index (χ4n) is 7.53. The molecule has 0 unspecified atom stereocenters. The van der Waals surface area contributed by atoms with Crippen LogP contribution in [-0.2, 0) is 37.1 Å². The Morgan fingerprint density at radius 3 is 2.13 bits per heavy atom. The third-order valence-electron chi connectivity index (χ3n) is 10.2. The van der Waals surface area contributed by atoms with Crippen molar-refractivity contribution in [3.05, 3.63) is 84.0 Å². The van der Waals surface area contributed by atoms with Gasteiger partial charge in [-0.15, -0.1) is 0 Å². The van der Waals surface area contributed by atoms with Crippen LogP contribution in [0.4, 0.5) is 11.6 Å². The molecule has 272 valence electrons. The van der Waals surface area contributed by atoms with Crippen molar-refractivity contribution in [2.24, 2.45) is 5.73 Å². The molecule has 0 radical (unpaired) electrons. The van der Waals surface area contributed by atoms with E-state index in [0.29, 0.717) is 30.8 Å². The number of aromatic nitrogens is 6. The number of allylic oxidation sites excluding steroid dienone is 2. The molecule has 52 heavy (non-hydrogen) atoms. The van der Waals surface area contributed by atoms with Gasteiger partial charge in [-0.25, -0.2) is 19.9 Å². The lowest BCUT2D eigenvalue weighted by atomic mass is 10.0. The second kappa shape index (κ2) is 16.7. The third kappa shape index (κ3) is 7.53. The van der Waals surface area contributed by atoms with E-state index < -0.39 is 0 Å². The highest BCUT2D eigenvalue weighted by atomic mass is 16.5. The number of hydrogen-bond acceptors (Lipinski definition) is 9. The molecule has 7 N–H and O–H groups in total. The Kier molecular flexibility index (Phi) is 11.4. The van der Waals surface area contributed by atoms with Crippen LogP contribution in [0, 0.1) is 0 Å². The number of nitrogens with two attached hydrogens (primary N) is 3. The van der Waals surface area contributed by atoms with Crippen LogP contribution in [0.2, 0.25) is 0 Å². The van der Waals surface area contributed by atoms with E-state index in [0.717, 1.165) is 140 Å². The van der Waals surface area contributed by atoms with Gasteiger partial charge in [0.15, 0.2) is 11.6 Å². The van der Waals surface area contributed by atoms with Gasteiger partial charge in [-0.1, -0.05) is 74.0 Å². The lowest BCUT2D eigenvalue weighted by molar-refractivity contribution is 0.0789. The molecule has 0 spiro atoms. The first kappa shape index (κ1) is 35.6. The molecule has 1 saturated heterocycles. The number of nitrogen functional groups attached to an aromatic ring is 2. The van der Waals surface area contributed by atoms with Gasteiger partial charge in [-0.05, 0) is 50.2 Å². The van der Waals surface area contributed by atoms with Crippen molar-refractivity contribution < 1.29 is 4.74 Å². The van der Waals surface area contributed by atoms with Gasteiger partial charge in [0, 0.05) is 69.0 Å². The van der Waals surface area contributed by atoms with Crippen LogP contribution in [0.3, 0.4) is 0 Å². The third-order valence-corrected chi connectivity index (χ3v) is 10.2. The van der Waals surface area contributed by atoms with Gasteiger partial charge in [0.25, 0.3) is 0 Å². The van der Waals surface area contributed by atoms with Crippen LogP contribution in [0.5, 0.6) is 0 Å². The molecule has 4 aromatic heterocycles. The molecule has 0 atom stereocenters. The van der Waals surface area contributed by atoms with Crippen LogP contribution in [0.1, 0.15) is 62.7 Å². The first-order valence-corrected chi connectivity index (χ1v) is 19.0. The first-order valence-electron chi connectivity index (χ1n) is 19.0. The number of pyridine rings is 2. The number of nitrogens with one attached hydrogen (secondary N) is 1. The van der Waals surface area contributed by atoms with Crippen LogP contribution in [0.25, 0.3) is 43.9 Å². The van der Waals surface area contributed by atoms with E-state index in [9.17, 15) is 0 Å². The van der Waals surface area contributed by atoms with Crippen molar-refractivity contribution >= 4 is 55.5 Å². The van der Waals surface area contributed by atoms with Crippen LogP contribution in [-0.4, -0.2) is 61.4 Å². The van der Waals surface area contributed by atoms with E-state index >= 15 is 0 Å². The highest BCUT2D eigenvalue weighted by Crippen LogP contribution is 2.33. The Hall–Kier alpha value is -4.84. The highest BCUT2D eigenvalue weighted by Gasteiger charge is 2.20. The fraction of sp³-hybridized carbons (Fsp3) is 0.415. The number of rotatable bonds is 16. The zero-order valence-corrected chi connectivity index (χ0v) is 30.4. The van der Waals surface area contributed by atoms with Gasteiger partial charge >= 0.3 is 0 Å². The molecule has 1 aliphatic rings. The maximum Gasteiger partial charge on any atom is 0.152 e. The van der Waals surface area contributed by atoms with Gasteiger partial charge in [0.1, 0.15) is 22.7 Å². The maximum atomic E-state index is 6.68. The number of fused-ring (bicyclic) bond motifs is 6. The predicted octanol–water partition coefficient (Wildman–Crippen LogP) is 6.39. The van der Waals surface area contributed by atoms with E-state index in [2.05, 4.69) is 68.9 Å². The van der Waals surface area contributed by atoms with Crippen molar-refractivity contribution in [3.63, 3.8) is 0 Å². The quantitative estimate of drug-likeness (QED) is 0.0662. The summed E-state index contributed by atoms with van der Waals surface area (Å²) in [6.45, 7) is 6.66. The minimum absolute atomic E-state index is 0.460. The van der Waals surface area contributed by atoms with Crippen molar-refractivity contribution in [3.8, 4) is 0 Å². The maximum absolute atomic E-state index is 6.68. The van der Waals surface area contributed by atoms with Crippen molar-refractivity contribution in [1.29, 1.82) is 0 Å². The van der Waals surface area contributed by atoms with E-state index in [1.54, 1.807) is 0 Å². The summed E-state index contributed by atoms with van der Waals surface area (Å²) >= 11 is 0. The standard InChI is InChI=1S/C41H52N10O/c1-2-3-18-33-47-37-39(51(33)25-11-9-23-45-29-20-26-52-27-21-29)31-16-12-14-28(35(31)49-41(37)44)13-4-7-19-34-48-36-38(50(34)24-10-8-22-42)30-15-5-6-17-32(30)46-40(36)43/h5-6,8-12,14-17,29,45H,2-4,7,13,18-27,42H2,1H3,(H2,43,46)(H2,44,49)/b10-8-,11-9-. The number of nitrogens with zero attached hydrogens (tertiary/aromatic N) is 6. The van der Waals surface area contributed by atoms with Crippen LogP contribution >= 0.6 is 0 Å². The van der Waals surface area contributed by atoms with Gasteiger partial charge in [-0.2, -0.15) is 0 Å². The van der Waals surface area contributed by atoms with Gasteiger partial charge in [-0.3, -0.25) is 0 Å². The second-order valence-electron chi connectivity index (χ2n) is 13.8. The summed E-state index contributed by atoms with van der Waals surface area (Å²) in [5.41, 5.74) is 25.6. The molecule has 1 fully saturated rings. The van der Waals surface area contributed by atoms with Crippen molar-refractivity contribution in [2.45, 2.75) is 83.8 Å². The average molecular weight is 701 g/mol. The molecule has 0 saturated carbocycles. The predicted molar refractivity (Wildman–Crippen MR) is 213 cm³/mol. The Bertz CT molecular complexity index is 2210. The van der Waals surface area contributed by atoms with E-state index in [4.69, 9.17) is 36.9 Å². The summed E-state index contributed by atoms with van der Waals surface area (Å²) in [5.74, 6) is 3.02. The second-order valence-corrected chi connectivity index (χ2v) is 13.8. The van der Waals surface area contributed by atoms with E-state index in [-0.39, 0.29) is 0 Å². The smallest absolute Gasteiger partial charge is 0.152 e. The average Bonchev–Trinajstić information content (AvgIpc) is 3.72. The largest absolute Gasteiger partial charge is 0.382 e. The minimum Gasteiger partial charge on any atom is -0.382 e. The summed E-state index contributed by atoms with van der Waals surface area (Å²) in [6.07, 6.45) is 17.4. The first-order chi connectivity index (χ1) is 25.6. The molecule has 0 amide bonds. The number of ether oxygens (including phenoxy) is 1. The van der Waals surface area contributed by atoms with Crippen LogP contribution < -0.4 is 22.5 Å². The number of hydrogen-bond donors (Lipinski definition) is 4. The highest BCUT2D eigenvalue weighted by molar-refractivity contribution is 6.08. The van der Waals surface area contributed by atoms with E-state index in [1.165, 1.54) is 5.56 Å². The topological polar surface area (TPSA) is 161 Å². The van der Waals surface area contributed by atoms with Gasteiger partial charge < -0.3 is 36.4 Å². The molecular formula is C41H52N10O. The zero-order chi connectivity index (χ0) is 35.9. The molecule has 11 nitrogen and oxygen atoms in total. The Labute approximate surface area is 305 Å². The van der Waals surface area contributed by atoms with Crippen molar-refractivity contribution in [2.75, 3.05) is 37.8 Å². The molecule has 0 bridgehead atoms. The monoisotopic (exact) mass is 700 g/mol. The number of imidazole rings is 2. The van der Waals surface area contributed by atoms with E-state index in [1.807, 2.05) is 24.3 Å². The normalized spacial score (nSPS) is 14.4. The summed E-state index contributed by atoms with van der Waals surface area (Å²) < 4.78 is 10.1. The number of para-hydroxylation sites is 2. The molecule has 11 heteroatoms. The molecule has 5 heterocycles. The minimum atomic E-state index is 0.460. The molecular weight excluding hydrogens is 649 g/mol. The van der Waals surface area contributed by atoms with Gasteiger partial charge in [0.2, 0.25) is 0 Å². The Balaban J connectivity index is 1.12. The zero-order valence-electron chi connectivity index (χ0n) is 30.4. The summed E-state index contributed by atoms with van der Waals surface area (Å²) in [7, 11) is 0. The van der Waals surface area contributed by atoms with Crippen molar-refractivity contribution in [1.82, 2.24) is 34.4 Å². The van der Waals surface area contributed by atoms with Gasteiger partial charge in [0.05, 0.1) is 22.1 Å². The number of aryl methyl sites for hydroxylation is 3. The lowest BCUT2D eigenvalue weighted by Crippen LogP contribution is -2.34. The molecule has 0 aliphatic carbocycles. The molecule has 6 aromatic rings. The number of benzene rings is 2. The number of anilines is 2. The van der Waals surface area contributed by atoms with Crippen LogP contribution in [0.15, 0.2) is 66.8 Å². The molecule has 2 aromatic carbocycles. The Morgan fingerprint density at radius 1 is 0.731 bits per heavy atom. The summed E-state index contributed by atoms with van der Waals surface area (Å²) in [4.78, 5) is 19.7. The molecule has 1 aliphatic heterocycles. The lowest BCUT2D eigenvalue weighted by Gasteiger charge is -2.22.